The molecule has 2 rings (SSSR count). The molecule has 1 atom stereocenters. The number of rotatable bonds is 1. The second kappa shape index (κ2) is 4.31. The Morgan fingerprint density at radius 2 is 2.20 bits per heavy atom. The second-order valence-corrected chi connectivity index (χ2v) is 4.66. The fraction of sp³-hybridized carbons (Fsp3) is 0.500. The lowest BCUT2D eigenvalue weighted by molar-refractivity contribution is 0.485. The molecule has 2 nitrogen and oxygen atoms in total. The highest BCUT2D eigenvalue weighted by atomic mass is 35.5. The fourth-order valence-corrected chi connectivity index (χ4v) is 2.51. The van der Waals surface area contributed by atoms with E-state index in [1.165, 1.54) is 19.3 Å². The highest BCUT2D eigenvalue weighted by Crippen LogP contribution is 2.32. The van der Waals surface area contributed by atoms with Gasteiger partial charge in [-0.25, -0.2) is 0 Å². The van der Waals surface area contributed by atoms with Crippen LogP contribution >= 0.6 is 11.6 Å². The van der Waals surface area contributed by atoms with Crippen molar-refractivity contribution in [3.8, 4) is 0 Å². The predicted octanol–water partition coefficient (Wildman–Crippen LogP) is 3.30. The van der Waals surface area contributed by atoms with Crippen molar-refractivity contribution >= 4 is 23.0 Å². The SMILES string of the molecule is CC1CCCCN1c1ccc(N)cc1Cl. The lowest BCUT2D eigenvalue weighted by atomic mass is 10.0. The minimum Gasteiger partial charge on any atom is -0.399 e. The zero-order chi connectivity index (χ0) is 10.8. The van der Waals surface area contributed by atoms with E-state index in [9.17, 15) is 0 Å². The maximum absolute atomic E-state index is 6.21. The van der Waals surface area contributed by atoms with Crippen molar-refractivity contribution in [3.05, 3.63) is 23.2 Å². The van der Waals surface area contributed by atoms with Crippen LogP contribution in [0.5, 0.6) is 0 Å². The Balaban J connectivity index is 2.27. The second-order valence-electron chi connectivity index (χ2n) is 4.25. The number of hydrogen-bond acceptors (Lipinski definition) is 2. The smallest absolute Gasteiger partial charge is 0.0660 e. The van der Waals surface area contributed by atoms with Gasteiger partial charge in [-0.3, -0.25) is 0 Å². The molecule has 15 heavy (non-hydrogen) atoms. The lowest BCUT2D eigenvalue weighted by Crippen LogP contribution is -2.37. The Labute approximate surface area is 96.0 Å². The van der Waals surface area contributed by atoms with Crippen molar-refractivity contribution in [1.29, 1.82) is 0 Å². The van der Waals surface area contributed by atoms with Gasteiger partial charge < -0.3 is 10.6 Å². The molecule has 1 fully saturated rings. The van der Waals surface area contributed by atoms with Crippen molar-refractivity contribution in [3.63, 3.8) is 0 Å². The molecular formula is C12H17ClN2. The molecule has 0 radical (unpaired) electrons. The summed E-state index contributed by atoms with van der Waals surface area (Å²) in [6.07, 6.45) is 3.83. The minimum atomic E-state index is 0.583. The molecule has 0 saturated carbocycles. The zero-order valence-electron chi connectivity index (χ0n) is 9.04. The van der Waals surface area contributed by atoms with Crippen molar-refractivity contribution in [2.24, 2.45) is 0 Å². The quantitative estimate of drug-likeness (QED) is 0.742. The Kier molecular flexibility index (Phi) is 3.06. The summed E-state index contributed by atoms with van der Waals surface area (Å²) in [5, 5.41) is 0.767. The van der Waals surface area contributed by atoms with Crippen molar-refractivity contribution in [2.75, 3.05) is 17.2 Å². The molecule has 0 spiro atoms. The van der Waals surface area contributed by atoms with Gasteiger partial charge in [-0.1, -0.05) is 11.6 Å². The van der Waals surface area contributed by atoms with Crippen molar-refractivity contribution in [1.82, 2.24) is 0 Å². The maximum atomic E-state index is 6.21. The summed E-state index contributed by atoms with van der Waals surface area (Å²) in [6.45, 7) is 3.36. The number of nitrogen functional groups attached to an aromatic ring is 1. The van der Waals surface area contributed by atoms with Crippen LogP contribution in [0.2, 0.25) is 5.02 Å². The molecule has 1 saturated heterocycles. The first-order valence-electron chi connectivity index (χ1n) is 5.50. The number of piperidine rings is 1. The third kappa shape index (κ3) is 2.20. The van der Waals surface area contributed by atoms with Crippen LogP contribution in [0.4, 0.5) is 11.4 Å². The first kappa shape index (κ1) is 10.6. The number of benzene rings is 1. The summed E-state index contributed by atoms with van der Waals surface area (Å²) < 4.78 is 0. The van der Waals surface area contributed by atoms with Crippen LogP contribution < -0.4 is 10.6 Å². The number of hydrogen-bond donors (Lipinski definition) is 1. The highest BCUT2D eigenvalue weighted by molar-refractivity contribution is 6.33. The van der Waals surface area contributed by atoms with Crippen molar-refractivity contribution in [2.45, 2.75) is 32.2 Å². The summed E-state index contributed by atoms with van der Waals surface area (Å²) in [7, 11) is 0. The topological polar surface area (TPSA) is 29.3 Å². The average Bonchev–Trinajstić information content (AvgIpc) is 2.20. The van der Waals surface area contributed by atoms with Crippen molar-refractivity contribution < 1.29 is 0 Å². The van der Waals surface area contributed by atoms with Gasteiger partial charge in [0.15, 0.2) is 0 Å². The molecule has 82 valence electrons. The van der Waals surface area contributed by atoms with E-state index in [1.54, 1.807) is 0 Å². The molecule has 1 heterocycles. The summed E-state index contributed by atoms with van der Waals surface area (Å²) >= 11 is 6.21. The monoisotopic (exact) mass is 224 g/mol. The van der Waals surface area contributed by atoms with E-state index >= 15 is 0 Å². The molecular weight excluding hydrogens is 208 g/mol. The fourth-order valence-electron chi connectivity index (χ4n) is 2.21. The van der Waals surface area contributed by atoms with Crippen LogP contribution in [-0.2, 0) is 0 Å². The van der Waals surface area contributed by atoms with Crippen LogP contribution in [0.25, 0.3) is 0 Å². The van der Waals surface area contributed by atoms with Gasteiger partial charge in [0.2, 0.25) is 0 Å². The van der Waals surface area contributed by atoms with Crippen LogP contribution in [0.15, 0.2) is 18.2 Å². The first-order chi connectivity index (χ1) is 7.18. The third-order valence-corrected chi connectivity index (χ3v) is 3.39. The largest absolute Gasteiger partial charge is 0.399 e. The molecule has 2 N–H and O–H groups in total. The van der Waals surface area contributed by atoms with Gasteiger partial charge in [-0.05, 0) is 44.4 Å². The molecule has 0 amide bonds. The number of nitrogens with two attached hydrogens (primary N) is 1. The summed E-state index contributed by atoms with van der Waals surface area (Å²) in [5.41, 5.74) is 7.54. The Morgan fingerprint density at radius 3 is 2.87 bits per heavy atom. The standard InChI is InChI=1S/C12H17ClN2/c1-9-4-2-3-7-15(9)12-6-5-10(14)8-11(12)13/h5-6,8-9H,2-4,7,14H2,1H3. The van der Waals surface area contributed by atoms with Gasteiger partial charge in [0.1, 0.15) is 0 Å². The lowest BCUT2D eigenvalue weighted by Gasteiger charge is -2.36. The highest BCUT2D eigenvalue weighted by Gasteiger charge is 2.20. The third-order valence-electron chi connectivity index (χ3n) is 3.08. The first-order valence-corrected chi connectivity index (χ1v) is 5.88. The number of nitrogens with zero attached hydrogens (tertiary/aromatic N) is 1. The Hall–Kier alpha value is -0.890. The minimum absolute atomic E-state index is 0.583. The van der Waals surface area contributed by atoms with Gasteiger partial charge in [-0.2, -0.15) is 0 Å². The molecule has 0 aliphatic carbocycles. The molecule has 0 aromatic heterocycles. The summed E-state index contributed by atoms with van der Waals surface area (Å²) in [4.78, 5) is 2.38. The van der Waals surface area contributed by atoms with Crippen LogP contribution in [0.3, 0.4) is 0 Å². The van der Waals surface area contributed by atoms with E-state index in [0.29, 0.717) is 6.04 Å². The maximum Gasteiger partial charge on any atom is 0.0660 e. The van der Waals surface area contributed by atoms with Gasteiger partial charge in [0.05, 0.1) is 10.7 Å². The van der Waals surface area contributed by atoms with E-state index in [2.05, 4.69) is 11.8 Å². The zero-order valence-corrected chi connectivity index (χ0v) is 9.80. The molecule has 1 aromatic carbocycles. The van der Waals surface area contributed by atoms with Gasteiger partial charge in [0, 0.05) is 18.3 Å². The Morgan fingerprint density at radius 1 is 1.40 bits per heavy atom. The van der Waals surface area contributed by atoms with Gasteiger partial charge >= 0.3 is 0 Å². The normalized spacial score (nSPS) is 21.7. The molecule has 3 heteroatoms. The summed E-state index contributed by atoms with van der Waals surface area (Å²) in [6, 6.07) is 6.36. The van der Waals surface area contributed by atoms with Crippen LogP contribution in [0.1, 0.15) is 26.2 Å². The molecule has 1 aliphatic heterocycles. The number of halogens is 1. The number of anilines is 2. The molecule has 1 aromatic rings. The van der Waals surface area contributed by atoms with E-state index < -0.39 is 0 Å². The molecule has 1 aliphatic rings. The van der Waals surface area contributed by atoms with Gasteiger partial charge in [0.25, 0.3) is 0 Å². The Bertz CT molecular complexity index is 351. The molecule has 0 bridgehead atoms. The average molecular weight is 225 g/mol. The van der Waals surface area contributed by atoms with E-state index in [0.717, 1.165) is 22.9 Å². The van der Waals surface area contributed by atoms with Crippen LogP contribution in [0, 0.1) is 0 Å². The predicted molar refractivity (Wildman–Crippen MR) is 66.5 cm³/mol. The summed E-state index contributed by atoms with van der Waals surface area (Å²) in [5.74, 6) is 0. The van der Waals surface area contributed by atoms with E-state index in [4.69, 9.17) is 17.3 Å². The van der Waals surface area contributed by atoms with E-state index in [-0.39, 0.29) is 0 Å². The van der Waals surface area contributed by atoms with E-state index in [1.807, 2.05) is 18.2 Å². The molecule has 1 unspecified atom stereocenters. The van der Waals surface area contributed by atoms with Gasteiger partial charge in [-0.15, -0.1) is 0 Å². The van der Waals surface area contributed by atoms with Crippen LogP contribution in [-0.4, -0.2) is 12.6 Å².